The topological polar surface area (TPSA) is 55.6 Å². The maximum Gasteiger partial charge on any atom is 0.255 e. The van der Waals surface area contributed by atoms with Gasteiger partial charge >= 0.3 is 0 Å². The summed E-state index contributed by atoms with van der Waals surface area (Å²) in [5.41, 5.74) is 5.38. The molecule has 5 heteroatoms. The molecular weight excluding hydrogens is 374 g/mol. The predicted octanol–water partition coefficient (Wildman–Crippen LogP) is 5.60. The Morgan fingerprint density at radius 1 is 1.10 bits per heavy atom. The molecule has 0 saturated carbocycles. The van der Waals surface area contributed by atoms with E-state index in [-0.39, 0.29) is 5.91 Å². The number of rotatable bonds is 6. The van der Waals surface area contributed by atoms with Gasteiger partial charge in [-0.25, -0.2) is 4.98 Å². The third-order valence-electron chi connectivity index (χ3n) is 5.04. The summed E-state index contributed by atoms with van der Waals surface area (Å²) in [7, 11) is 0. The van der Waals surface area contributed by atoms with E-state index in [1.165, 1.54) is 0 Å². The number of aryl methyl sites for hydroxylation is 1. The Morgan fingerprint density at radius 2 is 1.93 bits per heavy atom. The number of fused-ring (bicyclic) bond motifs is 1. The number of nitrogens with one attached hydrogen (secondary N) is 1. The Morgan fingerprint density at radius 3 is 2.73 bits per heavy atom. The maximum atomic E-state index is 12.8. The average Bonchev–Trinajstić information content (AvgIpc) is 3.17. The number of ether oxygens (including phenoxy) is 1. The minimum Gasteiger partial charge on any atom is -0.487 e. The van der Waals surface area contributed by atoms with Gasteiger partial charge < -0.3 is 14.5 Å². The van der Waals surface area contributed by atoms with E-state index in [0.717, 1.165) is 28.2 Å². The second-order valence-corrected chi connectivity index (χ2v) is 7.67. The van der Waals surface area contributed by atoms with Crippen LogP contribution in [0, 0.1) is 6.92 Å². The first-order valence-electron chi connectivity index (χ1n) is 10.1. The lowest BCUT2D eigenvalue weighted by atomic mass is 10.0. The molecule has 0 aliphatic heterocycles. The molecule has 0 saturated heterocycles. The molecule has 0 bridgehead atoms. The number of anilines is 1. The van der Waals surface area contributed by atoms with Gasteiger partial charge in [-0.2, -0.15) is 0 Å². The normalized spacial score (nSPS) is 11.1. The summed E-state index contributed by atoms with van der Waals surface area (Å²) in [6.07, 6.45) is 3.93. The van der Waals surface area contributed by atoms with Gasteiger partial charge in [0.1, 0.15) is 18.0 Å². The molecule has 1 amide bonds. The van der Waals surface area contributed by atoms with Gasteiger partial charge in [0.05, 0.1) is 5.69 Å². The second-order valence-electron chi connectivity index (χ2n) is 7.67. The third kappa shape index (κ3) is 4.20. The molecule has 152 valence electrons. The van der Waals surface area contributed by atoms with Crippen LogP contribution in [0.5, 0.6) is 5.75 Å². The van der Waals surface area contributed by atoms with E-state index >= 15 is 0 Å². The van der Waals surface area contributed by atoms with Crippen molar-refractivity contribution in [3.63, 3.8) is 0 Å². The quantitative estimate of drug-likeness (QED) is 0.459. The van der Waals surface area contributed by atoms with Gasteiger partial charge in [-0.15, -0.1) is 0 Å². The van der Waals surface area contributed by atoms with Crippen molar-refractivity contribution in [2.45, 2.75) is 33.3 Å². The zero-order valence-electron chi connectivity index (χ0n) is 17.4. The molecule has 0 aliphatic rings. The lowest BCUT2D eigenvalue weighted by molar-refractivity contribution is 0.102. The molecule has 5 nitrogen and oxygen atoms in total. The van der Waals surface area contributed by atoms with Gasteiger partial charge in [0.2, 0.25) is 0 Å². The number of amides is 1. The maximum absolute atomic E-state index is 12.8. The number of hydrogen-bond donors (Lipinski definition) is 1. The van der Waals surface area contributed by atoms with Crippen LogP contribution in [0.2, 0.25) is 0 Å². The van der Waals surface area contributed by atoms with Gasteiger partial charge in [0.15, 0.2) is 0 Å². The minimum atomic E-state index is -0.156. The highest BCUT2D eigenvalue weighted by molar-refractivity contribution is 6.04. The molecule has 0 fully saturated rings. The average molecular weight is 399 g/mol. The summed E-state index contributed by atoms with van der Waals surface area (Å²) in [5, 5.41) is 3.02. The van der Waals surface area contributed by atoms with E-state index in [4.69, 9.17) is 4.74 Å². The standard InChI is InChI=1S/C25H25N3O2/c1-17(2)22-11-4-5-12-23(22)27-25(29)19-9-6-10-21(14-19)30-16-20-15-28-13-7-8-18(3)24(28)26-20/h4-15,17H,16H2,1-3H3,(H,27,29). The highest BCUT2D eigenvalue weighted by atomic mass is 16.5. The lowest BCUT2D eigenvalue weighted by Crippen LogP contribution is -2.13. The van der Waals surface area contributed by atoms with Crippen molar-refractivity contribution in [1.82, 2.24) is 9.38 Å². The first kappa shape index (κ1) is 19.7. The molecule has 0 atom stereocenters. The number of carbonyl (C=O) groups excluding carboxylic acids is 1. The Kier molecular flexibility index (Phi) is 5.53. The van der Waals surface area contributed by atoms with Gasteiger partial charge in [-0.05, 0) is 54.3 Å². The zero-order valence-corrected chi connectivity index (χ0v) is 17.4. The van der Waals surface area contributed by atoms with E-state index in [1.807, 2.05) is 72.2 Å². The Balaban J connectivity index is 1.47. The van der Waals surface area contributed by atoms with Crippen molar-refractivity contribution in [3.8, 4) is 5.75 Å². The van der Waals surface area contributed by atoms with Crippen molar-refractivity contribution >= 4 is 17.2 Å². The minimum absolute atomic E-state index is 0.156. The number of carbonyl (C=O) groups is 1. The molecule has 4 aromatic rings. The van der Waals surface area contributed by atoms with E-state index in [1.54, 1.807) is 12.1 Å². The smallest absolute Gasteiger partial charge is 0.255 e. The molecule has 2 aromatic carbocycles. The Labute approximate surface area is 176 Å². The van der Waals surface area contributed by atoms with Gasteiger partial charge in [0.25, 0.3) is 5.91 Å². The number of aromatic nitrogens is 2. The molecule has 0 spiro atoms. The molecule has 1 N–H and O–H groups in total. The molecule has 4 rings (SSSR count). The number of nitrogens with zero attached hydrogens (tertiary/aromatic N) is 2. The van der Waals surface area contributed by atoms with Crippen LogP contribution in [0.25, 0.3) is 5.65 Å². The number of hydrogen-bond acceptors (Lipinski definition) is 3. The van der Waals surface area contributed by atoms with Crippen LogP contribution in [-0.2, 0) is 6.61 Å². The zero-order chi connectivity index (χ0) is 21.1. The molecular formula is C25H25N3O2. The van der Waals surface area contributed by atoms with Crippen LogP contribution >= 0.6 is 0 Å². The summed E-state index contributed by atoms with van der Waals surface area (Å²) < 4.78 is 7.90. The fourth-order valence-electron chi connectivity index (χ4n) is 3.47. The second kappa shape index (κ2) is 8.41. The third-order valence-corrected chi connectivity index (χ3v) is 5.04. The van der Waals surface area contributed by atoms with Crippen molar-refractivity contribution in [3.05, 3.63) is 95.4 Å². The first-order chi connectivity index (χ1) is 14.5. The van der Waals surface area contributed by atoms with Crippen LogP contribution in [0.3, 0.4) is 0 Å². The molecule has 2 aromatic heterocycles. The van der Waals surface area contributed by atoms with Crippen molar-refractivity contribution in [2.24, 2.45) is 0 Å². The summed E-state index contributed by atoms with van der Waals surface area (Å²) >= 11 is 0. The SMILES string of the molecule is Cc1cccn2cc(COc3cccc(C(=O)Nc4ccccc4C(C)C)c3)nc12. The van der Waals surface area contributed by atoms with Gasteiger partial charge in [0, 0.05) is 23.6 Å². The van der Waals surface area contributed by atoms with E-state index < -0.39 is 0 Å². The van der Waals surface area contributed by atoms with Crippen molar-refractivity contribution in [2.75, 3.05) is 5.32 Å². The van der Waals surface area contributed by atoms with E-state index in [2.05, 4.69) is 24.1 Å². The number of para-hydroxylation sites is 1. The largest absolute Gasteiger partial charge is 0.487 e. The number of benzene rings is 2. The van der Waals surface area contributed by atoms with Crippen molar-refractivity contribution in [1.29, 1.82) is 0 Å². The fraction of sp³-hybridized carbons (Fsp3) is 0.200. The molecule has 0 aliphatic carbocycles. The summed E-state index contributed by atoms with van der Waals surface area (Å²) in [6, 6.07) is 19.1. The van der Waals surface area contributed by atoms with Crippen LogP contribution in [0.15, 0.2) is 73.1 Å². The monoisotopic (exact) mass is 399 g/mol. The predicted molar refractivity (Wildman–Crippen MR) is 119 cm³/mol. The summed E-state index contributed by atoms with van der Waals surface area (Å²) in [6.45, 7) is 6.59. The lowest BCUT2D eigenvalue weighted by Gasteiger charge is -2.14. The molecule has 0 unspecified atom stereocenters. The highest BCUT2D eigenvalue weighted by Gasteiger charge is 2.12. The van der Waals surface area contributed by atoms with Crippen LogP contribution in [0.1, 0.15) is 46.9 Å². The van der Waals surface area contributed by atoms with E-state index in [9.17, 15) is 4.79 Å². The summed E-state index contributed by atoms with van der Waals surface area (Å²) in [4.78, 5) is 17.4. The Bertz CT molecular complexity index is 1190. The summed E-state index contributed by atoms with van der Waals surface area (Å²) in [5.74, 6) is 0.802. The molecule has 2 heterocycles. The first-order valence-corrected chi connectivity index (χ1v) is 10.1. The van der Waals surface area contributed by atoms with Crippen LogP contribution < -0.4 is 10.1 Å². The van der Waals surface area contributed by atoms with Crippen molar-refractivity contribution < 1.29 is 9.53 Å². The van der Waals surface area contributed by atoms with Crippen LogP contribution in [0.4, 0.5) is 5.69 Å². The highest BCUT2D eigenvalue weighted by Crippen LogP contribution is 2.25. The van der Waals surface area contributed by atoms with Crippen LogP contribution in [-0.4, -0.2) is 15.3 Å². The molecule has 0 radical (unpaired) electrons. The number of imidazole rings is 1. The van der Waals surface area contributed by atoms with Gasteiger partial charge in [-0.1, -0.05) is 44.2 Å². The molecule has 30 heavy (non-hydrogen) atoms. The number of pyridine rings is 1. The fourth-order valence-corrected chi connectivity index (χ4v) is 3.47. The van der Waals surface area contributed by atoms with Gasteiger partial charge in [-0.3, -0.25) is 4.79 Å². The Hall–Kier alpha value is -3.60. The van der Waals surface area contributed by atoms with E-state index in [0.29, 0.717) is 23.8 Å².